The Labute approximate surface area is 107 Å². The summed E-state index contributed by atoms with van der Waals surface area (Å²) in [5.41, 5.74) is 0.966. The van der Waals surface area contributed by atoms with Crippen LogP contribution in [-0.2, 0) is 0 Å². The first-order chi connectivity index (χ1) is 8.78. The zero-order chi connectivity index (χ0) is 12.8. The number of hydrogen-bond donors (Lipinski definition) is 1. The highest BCUT2D eigenvalue weighted by molar-refractivity contribution is 5.38. The third-order valence-corrected chi connectivity index (χ3v) is 2.39. The van der Waals surface area contributed by atoms with Crippen LogP contribution in [0.3, 0.4) is 0 Å². The van der Waals surface area contributed by atoms with Gasteiger partial charge in [0.15, 0.2) is 0 Å². The molecule has 0 fully saturated rings. The van der Waals surface area contributed by atoms with Crippen LogP contribution < -0.4 is 10.1 Å². The molecule has 2 rings (SSSR count). The summed E-state index contributed by atoms with van der Waals surface area (Å²) >= 11 is 0. The van der Waals surface area contributed by atoms with Gasteiger partial charge in [0.2, 0.25) is 5.88 Å². The van der Waals surface area contributed by atoms with E-state index in [-0.39, 0.29) is 0 Å². The highest BCUT2D eigenvalue weighted by Crippen LogP contribution is 2.19. The van der Waals surface area contributed by atoms with Gasteiger partial charge in [0.25, 0.3) is 0 Å². The summed E-state index contributed by atoms with van der Waals surface area (Å²) in [6.45, 7) is 4.96. The van der Waals surface area contributed by atoms with Crippen molar-refractivity contribution in [3.63, 3.8) is 0 Å². The van der Waals surface area contributed by atoms with Gasteiger partial charge in [0.1, 0.15) is 11.6 Å². The number of nitrogens with zero attached hydrogens (tertiary/aromatic N) is 2. The molecule has 1 N–H and O–H groups in total. The molecule has 0 unspecified atom stereocenters. The molecule has 2 aromatic heterocycles. The lowest BCUT2D eigenvalue weighted by molar-refractivity contribution is 0.461. The third-order valence-electron chi connectivity index (χ3n) is 2.39. The number of rotatable bonds is 5. The number of aryl methyl sites for hydroxylation is 1. The van der Waals surface area contributed by atoms with Crippen LogP contribution in [0, 0.1) is 6.92 Å². The summed E-state index contributed by atoms with van der Waals surface area (Å²) in [4.78, 5) is 8.55. The first-order valence-electron chi connectivity index (χ1n) is 6.09. The van der Waals surface area contributed by atoms with E-state index in [0.29, 0.717) is 11.6 Å². The van der Waals surface area contributed by atoms with Crippen molar-refractivity contribution >= 4 is 5.82 Å². The first kappa shape index (κ1) is 12.4. The largest absolute Gasteiger partial charge is 0.437 e. The van der Waals surface area contributed by atoms with Gasteiger partial charge in [0, 0.05) is 18.3 Å². The monoisotopic (exact) mass is 243 g/mol. The van der Waals surface area contributed by atoms with E-state index in [1.807, 2.05) is 37.3 Å². The Morgan fingerprint density at radius 3 is 2.83 bits per heavy atom. The molecule has 0 aliphatic rings. The maximum Gasteiger partial charge on any atom is 0.221 e. The SMILES string of the molecule is CCCNc1cccc(Oc2ccc(C)nc2)n1. The van der Waals surface area contributed by atoms with Gasteiger partial charge in [-0.15, -0.1) is 0 Å². The van der Waals surface area contributed by atoms with Crippen LogP contribution in [0.15, 0.2) is 36.5 Å². The topological polar surface area (TPSA) is 47.0 Å². The van der Waals surface area contributed by atoms with E-state index in [0.717, 1.165) is 24.5 Å². The van der Waals surface area contributed by atoms with Crippen LogP contribution in [0.2, 0.25) is 0 Å². The zero-order valence-corrected chi connectivity index (χ0v) is 10.7. The molecule has 0 aliphatic carbocycles. The molecular formula is C14H17N3O. The molecule has 4 nitrogen and oxygen atoms in total. The van der Waals surface area contributed by atoms with Gasteiger partial charge in [-0.2, -0.15) is 4.98 Å². The fraction of sp³-hybridized carbons (Fsp3) is 0.286. The summed E-state index contributed by atoms with van der Waals surface area (Å²) in [6, 6.07) is 9.47. The lowest BCUT2D eigenvalue weighted by atomic mass is 10.4. The van der Waals surface area contributed by atoms with Crippen molar-refractivity contribution in [2.75, 3.05) is 11.9 Å². The summed E-state index contributed by atoms with van der Waals surface area (Å²) in [5, 5.41) is 3.22. The molecule has 94 valence electrons. The Morgan fingerprint density at radius 2 is 2.11 bits per heavy atom. The van der Waals surface area contributed by atoms with Gasteiger partial charge in [-0.3, -0.25) is 4.98 Å². The van der Waals surface area contributed by atoms with Crippen LogP contribution in [0.4, 0.5) is 5.82 Å². The third kappa shape index (κ3) is 3.45. The molecule has 18 heavy (non-hydrogen) atoms. The van der Waals surface area contributed by atoms with Crippen molar-refractivity contribution in [2.45, 2.75) is 20.3 Å². The number of hydrogen-bond acceptors (Lipinski definition) is 4. The molecule has 0 bridgehead atoms. The lowest BCUT2D eigenvalue weighted by Crippen LogP contribution is -2.02. The summed E-state index contributed by atoms with van der Waals surface area (Å²) in [5.74, 6) is 2.09. The molecule has 2 heterocycles. The minimum atomic E-state index is 0.571. The summed E-state index contributed by atoms with van der Waals surface area (Å²) in [7, 11) is 0. The second-order valence-electron chi connectivity index (χ2n) is 4.03. The smallest absolute Gasteiger partial charge is 0.221 e. The molecule has 0 saturated carbocycles. The molecule has 0 aliphatic heterocycles. The lowest BCUT2D eigenvalue weighted by Gasteiger charge is -2.07. The predicted octanol–water partition coefficient (Wildman–Crippen LogP) is 3.40. The Balaban J connectivity index is 2.06. The molecule has 0 amide bonds. The summed E-state index contributed by atoms with van der Waals surface area (Å²) < 4.78 is 5.64. The van der Waals surface area contributed by atoms with Crippen molar-refractivity contribution in [3.05, 3.63) is 42.2 Å². The molecule has 0 aromatic carbocycles. The predicted molar refractivity (Wildman–Crippen MR) is 72.1 cm³/mol. The number of anilines is 1. The van der Waals surface area contributed by atoms with E-state index in [1.165, 1.54) is 0 Å². The Morgan fingerprint density at radius 1 is 1.22 bits per heavy atom. The van der Waals surface area contributed by atoms with Crippen molar-refractivity contribution in [2.24, 2.45) is 0 Å². The highest BCUT2D eigenvalue weighted by Gasteiger charge is 2.00. The molecule has 0 atom stereocenters. The molecule has 4 heteroatoms. The Hall–Kier alpha value is -2.10. The Kier molecular flexibility index (Phi) is 4.12. The second-order valence-corrected chi connectivity index (χ2v) is 4.03. The number of aromatic nitrogens is 2. The number of nitrogens with one attached hydrogen (secondary N) is 1. The van der Waals surface area contributed by atoms with E-state index in [1.54, 1.807) is 6.20 Å². The fourth-order valence-corrected chi connectivity index (χ4v) is 1.46. The minimum Gasteiger partial charge on any atom is -0.437 e. The van der Waals surface area contributed by atoms with E-state index in [9.17, 15) is 0 Å². The molecule has 0 spiro atoms. The van der Waals surface area contributed by atoms with Crippen molar-refractivity contribution in [1.29, 1.82) is 0 Å². The van der Waals surface area contributed by atoms with Crippen LogP contribution in [0.5, 0.6) is 11.6 Å². The second kappa shape index (κ2) is 6.00. The van der Waals surface area contributed by atoms with E-state index in [2.05, 4.69) is 22.2 Å². The van der Waals surface area contributed by atoms with Gasteiger partial charge < -0.3 is 10.1 Å². The van der Waals surface area contributed by atoms with Gasteiger partial charge in [-0.25, -0.2) is 0 Å². The van der Waals surface area contributed by atoms with E-state index in [4.69, 9.17) is 4.74 Å². The standard InChI is InChI=1S/C14H17N3O/c1-3-9-15-13-5-4-6-14(17-13)18-12-8-7-11(2)16-10-12/h4-8,10H,3,9H2,1-2H3,(H,15,17). The van der Waals surface area contributed by atoms with E-state index < -0.39 is 0 Å². The average molecular weight is 243 g/mol. The van der Waals surface area contributed by atoms with E-state index >= 15 is 0 Å². The first-order valence-corrected chi connectivity index (χ1v) is 6.09. The zero-order valence-electron chi connectivity index (χ0n) is 10.7. The molecule has 2 aromatic rings. The molecular weight excluding hydrogens is 226 g/mol. The van der Waals surface area contributed by atoms with Crippen molar-refractivity contribution < 1.29 is 4.74 Å². The molecule has 0 saturated heterocycles. The highest BCUT2D eigenvalue weighted by atomic mass is 16.5. The minimum absolute atomic E-state index is 0.571. The van der Waals surface area contributed by atoms with Crippen LogP contribution in [0.25, 0.3) is 0 Å². The normalized spacial score (nSPS) is 10.1. The van der Waals surface area contributed by atoms with Gasteiger partial charge >= 0.3 is 0 Å². The van der Waals surface area contributed by atoms with Crippen LogP contribution in [-0.4, -0.2) is 16.5 Å². The summed E-state index contributed by atoms with van der Waals surface area (Å²) in [6.07, 6.45) is 2.76. The van der Waals surface area contributed by atoms with Gasteiger partial charge in [0.05, 0.1) is 6.20 Å². The van der Waals surface area contributed by atoms with Crippen molar-refractivity contribution in [3.8, 4) is 11.6 Å². The maximum atomic E-state index is 5.64. The Bertz CT molecular complexity index is 497. The van der Waals surface area contributed by atoms with Crippen molar-refractivity contribution in [1.82, 2.24) is 9.97 Å². The number of ether oxygens (including phenoxy) is 1. The fourth-order valence-electron chi connectivity index (χ4n) is 1.46. The maximum absolute atomic E-state index is 5.64. The molecule has 0 radical (unpaired) electrons. The van der Waals surface area contributed by atoms with Crippen LogP contribution in [0.1, 0.15) is 19.0 Å². The van der Waals surface area contributed by atoms with Crippen LogP contribution >= 0.6 is 0 Å². The average Bonchev–Trinajstić information content (AvgIpc) is 2.40. The number of pyridine rings is 2. The van der Waals surface area contributed by atoms with Gasteiger partial charge in [-0.05, 0) is 31.5 Å². The quantitative estimate of drug-likeness (QED) is 0.874. The van der Waals surface area contributed by atoms with Gasteiger partial charge in [-0.1, -0.05) is 13.0 Å².